The average molecular weight is 405 g/mol. The van der Waals surface area contributed by atoms with Crippen LogP contribution in [0.15, 0.2) is 42.5 Å². The number of benzene rings is 2. The summed E-state index contributed by atoms with van der Waals surface area (Å²) in [4.78, 5) is 12.3. The fourth-order valence-corrected chi connectivity index (χ4v) is 3.98. The number of nitrogens with zero attached hydrogens (tertiary/aromatic N) is 1. The summed E-state index contributed by atoms with van der Waals surface area (Å²) in [5.74, 6) is 0.437. The van der Waals surface area contributed by atoms with Gasteiger partial charge in [0.15, 0.2) is 0 Å². The Labute approximate surface area is 167 Å². The summed E-state index contributed by atoms with van der Waals surface area (Å²) in [5, 5.41) is 2.83. The topological polar surface area (TPSA) is 75.7 Å². The lowest BCUT2D eigenvalue weighted by Crippen LogP contribution is -2.31. The number of sulfonamides is 1. The van der Waals surface area contributed by atoms with Crippen LogP contribution >= 0.6 is 0 Å². The SMILES string of the molecule is CCOc1ccccc1NC(=O)CCCN(c1cc(C)cc(C)c1)S(C)(=O)=O. The van der Waals surface area contributed by atoms with E-state index in [4.69, 9.17) is 4.74 Å². The average Bonchev–Trinajstić information content (AvgIpc) is 2.58. The predicted molar refractivity (Wildman–Crippen MR) is 114 cm³/mol. The van der Waals surface area contributed by atoms with Crippen molar-refractivity contribution in [1.29, 1.82) is 0 Å². The van der Waals surface area contributed by atoms with Crippen molar-refractivity contribution in [2.24, 2.45) is 0 Å². The fraction of sp³-hybridized carbons (Fsp3) is 0.381. The van der Waals surface area contributed by atoms with E-state index in [0.29, 0.717) is 30.2 Å². The zero-order valence-corrected chi connectivity index (χ0v) is 17.7. The molecule has 0 aliphatic carbocycles. The molecule has 2 rings (SSSR count). The van der Waals surface area contributed by atoms with Gasteiger partial charge in [-0.15, -0.1) is 0 Å². The summed E-state index contributed by atoms with van der Waals surface area (Å²) < 4.78 is 31.4. The van der Waals surface area contributed by atoms with Gasteiger partial charge < -0.3 is 10.1 Å². The second kappa shape index (κ2) is 9.59. The summed E-state index contributed by atoms with van der Waals surface area (Å²) in [7, 11) is -3.44. The molecule has 0 aromatic heterocycles. The Kier molecular flexibility index (Phi) is 7.45. The van der Waals surface area contributed by atoms with Gasteiger partial charge in [-0.2, -0.15) is 0 Å². The normalized spacial score (nSPS) is 11.1. The molecule has 152 valence electrons. The molecule has 6 nitrogen and oxygen atoms in total. The van der Waals surface area contributed by atoms with Crippen molar-refractivity contribution in [2.75, 3.05) is 29.0 Å². The van der Waals surface area contributed by atoms with E-state index in [1.807, 2.05) is 51.1 Å². The maximum Gasteiger partial charge on any atom is 0.232 e. The Morgan fingerprint density at radius 2 is 1.75 bits per heavy atom. The number of hydrogen-bond acceptors (Lipinski definition) is 4. The molecule has 28 heavy (non-hydrogen) atoms. The van der Waals surface area contributed by atoms with E-state index in [1.54, 1.807) is 12.1 Å². The van der Waals surface area contributed by atoms with Crippen molar-refractivity contribution in [3.8, 4) is 5.75 Å². The van der Waals surface area contributed by atoms with Crippen LogP contribution < -0.4 is 14.4 Å². The molecule has 2 aromatic rings. The van der Waals surface area contributed by atoms with Crippen molar-refractivity contribution < 1.29 is 17.9 Å². The molecule has 0 saturated heterocycles. The number of amides is 1. The first-order valence-corrected chi connectivity index (χ1v) is 11.1. The predicted octanol–water partition coefficient (Wildman–Crippen LogP) is 3.89. The molecule has 0 bridgehead atoms. The van der Waals surface area contributed by atoms with E-state index in [-0.39, 0.29) is 18.9 Å². The Morgan fingerprint density at radius 3 is 2.36 bits per heavy atom. The summed E-state index contributed by atoms with van der Waals surface area (Å²) in [5.41, 5.74) is 3.23. The molecule has 0 aliphatic heterocycles. The molecule has 0 saturated carbocycles. The zero-order chi connectivity index (χ0) is 20.7. The van der Waals surface area contributed by atoms with Crippen LogP contribution in [0.25, 0.3) is 0 Å². The Morgan fingerprint density at radius 1 is 1.11 bits per heavy atom. The lowest BCUT2D eigenvalue weighted by Gasteiger charge is -2.23. The monoisotopic (exact) mass is 404 g/mol. The number of anilines is 2. The zero-order valence-electron chi connectivity index (χ0n) is 16.9. The molecule has 2 aromatic carbocycles. The Balaban J connectivity index is 2.02. The number of carbonyl (C=O) groups is 1. The highest BCUT2D eigenvalue weighted by molar-refractivity contribution is 7.92. The van der Waals surface area contributed by atoms with Crippen LogP contribution in [0.1, 0.15) is 30.9 Å². The molecule has 0 spiro atoms. The van der Waals surface area contributed by atoms with Crippen molar-refractivity contribution >= 4 is 27.3 Å². The summed E-state index contributed by atoms with van der Waals surface area (Å²) >= 11 is 0. The molecular formula is C21H28N2O4S. The van der Waals surface area contributed by atoms with E-state index >= 15 is 0 Å². The van der Waals surface area contributed by atoms with Crippen LogP contribution in [0.5, 0.6) is 5.75 Å². The van der Waals surface area contributed by atoms with Gasteiger partial charge in [-0.25, -0.2) is 8.42 Å². The fourth-order valence-electron chi connectivity index (χ4n) is 3.03. The number of nitrogens with one attached hydrogen (secondary N) is 1. The molecule has 0 unspecified atom stereocenters. The van der Waals surface area contributed by atoms with Crippen LogP contribution in [0.3, 0.4) is 0 Å². The third-order valence-electron chi connectivity index (χ3n) is 4.12. The Hall–Kier alpha value is -2.54. The van der Waals surface area contributed by atoms with Gasteiger partial charge in [0.1, 0.15) is 5.75 Å². The first kappa shape index (κ1) is 21.8. The molecule has 0 fully saturated rings. The summed E-state index contributed by atoms with van der Waals surface area (Å²) in [6, 6.07) is 12.9. The third kappa shape index (κ3) is 6.27. The van der Waals surface area contributed by atoms with Gasteiger partial charge in [-0.05, 0) is 62.6 Å². The number of ether oxygens (including phenoxy) is 1. The first-order valence-electron chi connectivity index (χ1n) is 9.28. The highest BCUT2D eigenvalue weighted by Gasteiger charge is 2.18. The van der Waals surface area contributed by atoms with Gasteiger partial charge in [0.25, 0.3) is 0 Å². The van der Waals surface area contributed by atoms with Crippen LogP contribution in [0.2, 0.25) is 0 Å². The quantitative estimate of drug-likeness (QED) is 0.688. The van der Waals surface area contributed by atoms with E-state index in [9.17, 15) is 13.2 Å². The van der Waals surface area contributed by atoms with Crippen molar-refractivity contribution in [1.82, 2.24) is 0 Å². The number of hydrogen-bond donors (Lipinski definition) is 1. The third-order valence-corrected chi connectivity index (χ3v) is 5.31. The molecule has 0 heterocycles. The van der Waals surface area contributed by atoms with Gasteiger partial charge in [0.2, 0.25) is 15.9 Å². The van der Waals surface area contributed by atoms with Gasteiger partial charge in [0, 0.05) is 13.0 Å². The second-order valence-electron chi connectivity index (χ2n) is 6.76. The minimum Gasteiger partial charge on any atom is -0.492 e. The van der Waals surface area contributed by atoms with E-state index < -0.39 is 10.0 Å². The molecule has 7 heteroatoms. The molecule has 0 aliphatic rings. The van der Waals surface area contributed by atoms with E-state index in [0.717, 1.165) is 11.1 Å². The minimum atomic E-state index is -3.44. The second-order valence-corrected chi connectivity index (χ2v) is 8.67. The molecular weight excluding hydrogens is 376 g/mol. The minimum absolute atomic E-state index is 0.180. The van der Waals surface area contributed by atoms with Crippen LogP contribution in [-0.4, -0.2) is 33.7 Å². The smallest absolute Gasteiger partial charge is 0.232 e. The van der Waals surface area contributed by atoms with Gasteiger partial charge in [-0.1, -0.05) is 18.2 Å². The summed E-state index contributed by atoms with van der Waals surface area (Å²) in [6.07, 6.45) is 1.79. The van der Waals surface area contributed by atoms with E-state index in [2.05, 4.69) is 5.32 Å². The highest BCUT2D eigenvalue weighted by atomic mass is 32.2. The molecule has 1 amide bonds. The first-order chi connectivity index (χ1) is 13.2. The van der Waals surface area contributed by atoms with E-state index in [1.165, 1.54) is 10.6 Å². The van der Waals surface area contributed by atoms with Crippen molar-refractivity contribution in [3.63, 3.8) is 0 Å². The Bertz CT molecular complexity index is 906. The lowest BCUT2D eigenvalue weighted by molar-refractivity contribution is -0.116. The number of para-hydroxylation sites is 2. The highest BCUT2D eigenvalue weighted by Crippen LogP contribution is 2.24. The van der Waals surface area contributed by atoms with Gasteiger partial charge >= 0.3 is 0 Å². The lowest BCUT2D eigenvalue weighted by atomic mass is 10.1. The standard InChI is InChI=1S/C21H28N2O4S/c1-5-27-20-10-7-6-9-19(20)22-21(24)11-8-12-23(28(4,25)26)18-14-16(2)13-17(3)15-18/h6-7,9-10,13-15H,5,8,11-12H2,1-4H3,(H,22,24). The molecule has 0 radical (unpaired) electrons. The molecule has 1 N–H and O–H groups in total. The van der Waals surface area contributed by atoms with Crippen molar-refractivity contribution in [2.45, 2.75) is 33.6 Å². The van der Waals surface area contributed by atoms with Gasteiger partial charge in [0.05, 0.1) is 24.2 Å². The summed E-state index contributed by atoms with van der Waals surface area (Å²) in [6.45, 7) is 6.49. The van der Waals surface area contributed by atoms with Crippen LogP contribution in [0, 0.1) is 13.8 Å². The van der Waals surface area contributed by atoms with Crippen LogP contribution in [0.4, 0.5) is 11.4 Å². The van der Waals surface area contributed by atoms with Crippen molar-refractivity contribution in [3.05, 3.63) is 53.6 Å². The number of carbonyl (C=O) groups excluding carboxylic acids is 1. The number of aryl methyl sites for hydroxylation is 2. The van der Waals surface area contributed by atoms with Gasteiger partial charge in [-0.3, -0.25) is 9.10 Å². The number of rotatable bonds is 9. The maximum absolute atomic E-state index is 12.3. The van der Waals surface area contributed by atoms with Crippen LogP contribution in [-0.2, 0) is 14.8 Å². The molecule has 0 atom stereocenters. The largest absolute Gasteiger partial charge is 0.492 e. The maximum atomic E-state index is 12.3.